The minimum absolute atomic E-state index is 0.106. The van der Waals surface area contributed by atoms with Gasteiger partial charge in [0.2, 0.25) is 0 Å². The Labute approximate surface area is 162 Å². The molecular weight excluding hydrogens is 376 g/mol. The van der Waals surface area contributed by atoms with Crippen LogP contribution in [0.2, 0.25) is 5.02 Å². The van der Waals surface area contributed by atoms with Gasteiger partial charge in [-0.15, -0.1) is 11.8 Å². The lowest BCUT2D eigenvalue weighted by Crippen LogP contribution is -2.46. The summed E-state index contributed by atoms with van der Waals surface area (Å²) in [7, 11) is 0. The van der Waals surface area contributed by atoms with Crippen molar-refractivity contribution in [1.82, 2.24) is 10.6 Å². The number of carbonyl (C=O) groups is 3. The van der Waals surface area contributed by atoms with Crippen molar-refractivity contribution >= 4 is 41.3 Å². The van der Waals surface area contributed by atoms with Gasteiger partial charge in [-0.05, 0) is 44.0 Å². The van der Waals surface area contributed by atoms with E-state index in [0.29, 0.717) is 5.02 Å². The summed E-state index contributed by atoms with van der Waals surface area (Å²) >= 11 is 7.13. The largest absolute Gasteiger partial charge is 0.455 e. The molecule has 0 spiro atoms. The molecule has 6 nitrogen and oxygen atoms in total. The Morgan fingerprint density at radius 2 is 1.85 bits per heavy atom. The number of nitrogens with one attached hydrogen (secondary N) is 2. The van der Waals surface area contributed by atoms with Crippen LogP contribution in [0.4, 0.5) is 4.79 Å². The molecule has 2 N–H and O–H groups in total. The van der Waals surface area contributed by atoms with Crippen molar-refractivity contribution in [3.8, 4) is 0 Å². The maximum Gasteiger partial charge on any atom is 0.321 e. The minimum Gasteiger partial charge on any atom is -0.455 e. The molecule has 142 valence electrons. The number of amides is 3. The molecule has 0 heterocycles. The van der Waals surface area contributed by atoms with Gasteiger partial charge in [0.25, 0.3) is 5.91 Å². The van der Waals surface area contributed by atoms with Crippen molar-refractivity contribution in [3.05, 3.63) is 29.3 Å². The number of urea groups is 1. The number of halogens is 1. The van der Waals surface area contributed by atoms with E-state index < -0.39 is 29.8 Å². The molecule has 1 atom stereocenters. The molecule has 0 saturated heterocycles. The number of hydrogen-bond acceptors (Lipinski definition) is 5. The van der Waals surface area contributed by atoms with Crippen molar-refractivity contribution in [1.29, 1.82) is 0 Å². The SMILES string of the molecule is C[C@H](Sc1ccc(Cl)cc1)C(=O)OCC(=O)NC(=O)NC1CCCCC1. The third kappa shape index (κ3) is 7.25. The zero-order chi connectivity index (χ0) is 18.9. The van der Waals surface area contributed by atoms with E-state index in [2.05, 4.69) is 10.6 Å². The van der Waals surface area contributed by atoms with E-state index in [4.69, 9.17) is 16.3 Å². The molecule has 8 heteroatoms. The van der Waals surface area contributed by atoms with Crippen LogP contribution in [0.25, 0.3) is 0 Å². The number of benzene rings is 1. The molecule has 26 heavy (non-hydrogen) atoms. The van der Waals surface area contributed by atoms with Crippen molar-refractivity contribution in [2.75, 3.05) is 6.61 Å². The highest BCUT2D eigenvalue weighted by molar-refractivity contribution is 8.00. The van der Waals surface area contributed by atoms with Gasteiger partial charge in [0.1, 0.15) is 5.25 Å². The predicted molar refractivity (Wildman–Crippen MR) is 101 cm³/mol. The lowest BCUT2D eigenvalue weighted by atomic mass is 9.96. The molecule has 1 aliphatic rings. The van der Waals surface area contributed by atoms with E-state index in [1.165, 1.54) is 18.2 Å². The normalized spacial score (nSPS) is 15.8. The summed E-state index contributed by atoms with van der Waals surface area (Å²) < 4.78 is 4.97. The van der Waals surface area contributed by atoms with Crippen LogP contribution in [0.1, 0.15) is 39.0 Å². The molecule has 1 fully saturated rings. The number of ether oxygens (including phenoxy) is 1. The van der Waals surface area contributed by atoms with Crippen LogP contribution in [0.3, 0.4) is 0 Å². The average Bonchev–Trinajstić information content (AvgIpc) is 2.62. The third-order valence-electron chi connectivity index (χ3n) is 4.00. The molecule has 0 bridgehead atoms. The van der Waals surface area contributed by atoms with Crippen molar-refractivity contribution < 1.29 is 19.1 Å². The van der Waals surface area contributed by atoms with Gasteiger partial charge in [-0.25, -0.2) is 4.79 Å². The number of esters is 1. The summed E-state index contributed by atoms with van der Waals surface area (Å²) in [6.45, 7) is 1.21. The van der Waals surface area contributed by atoms with Crippen molar-refractivity contribution in [2.24, 2.45) is 0 Å². The van der Waals surface area contributed by atoms with E-state index in [0.717, 1.165) is 30.6 Å². The molecule has 1 saturated carbocycles. The van der Waals surface area contributed by atoms with Gasteiger partial charge < -0.3 is 10.1 Å². The van der Waals surface area contributed by atoms with Gasteiger partial charge in [0.05, 0.1) is 0 Å². The zero-order valence-corrected chi connectivity index (χ0v) is 16.2. The predicted octanol–water partition coefficient (Wildman–Crippen LogP) is 3.52. The molecule has 0 unspecified atom stereocenters. The van der Waals surface area contributed by atoms with Crippen LogP contribution in [-0.4, -0.2) is 35.8 Å². The summed E-state index contributed by atoms with van der Waals surface area (Å²) in [5.74, 6) is -1.16. The van der Waals surface area contributed by atoms with Crippen LogP contribution in [-0.2, 0) is 14.3 Å². The third-order valence-corrected chi connectivity index (χ3v) is 5.34. The number of thioether (sulfide) groups is 1. The molecule has 3 amide bonds. The van der Waals surface area contributed by atoms with E-state index in [-0.39, 0.29) is 6.04 Å². The molecule has 1 aromatic carbocycles. The van der Waals surface area contributed by atoms with Gasteiger partial charge >= 0.3 is 12.0 Å². The van der Waals surface area contributed by atoms with Crippen LogP contribution >= 0.6 is 23.4 Å². The quantitative estimate of drug-likeness (QED) is 0.565. The van der Waals surface area contributed by atoms with Gasteiger partial charge in [0.15, 0.2) is 6.61 Å². The van der Waals surface area contributed by atoms with E-state index >= 15 is 0 Å². The summed E-state index contributed by atoms with van der Waals surface area (Å²) in [6.07, 6.45) is 5.20. The maximum atomic E-state index is 12.0. The van der Waals surface area contributed by atoms with E-state index in [1.54, 1.807) is 31.2 Å². The first-order valence-electron chi connectivity index (χ1n) is 8.63. The van der Waals surface area contributed by atoms with Gasteiger partial charge in [-0.2, -0.15) is 0 Å². The second-order valence-corrected chi connectivity index (χ2v) is 8.03. The van der Waals surface area contributed by atoms with Crippen LogP contribution in [0, 0.1) is 0 Å². The summed E-state index contributed by atoms with van der Waals surface area (Å²) in [5, 5.41) is 5.09. The minimum atomic E-state index is -0.643. The summed E-state index contributed by atoms with van der Waals surface area (Å²) in [6, 6.07) is 6.65. The van der Waals surface area contributed by atoms with Gasteiger partial charge in [-0.1, -0.05) is 30.9 Å². The Morgan fingerprint density at radius 1 is 1.19 bits per heavy atom. The average molecular weight is 399 g/mol. The van der Waals surface area contributed by atoms with Gasteiger partial charge in [0, 0.05) is 16.0 Å². The fourth-order valence-electron chi connectivity index (χ4n) is 2.65. The number of carbonyl (C=O) groups excluding carboxylic acids is 3. The molecule has 2 rings (SSSR count). The van der Waals surface area contributed by atoms with Crippen LogP contribution < -0.4 is 10.6 Å². The first-order valence-corrected chi connectivity index (χ1v) is 9.89. The first kappa shape index (κ1) is 20.6. The van der Waals surface area contributed by atoms with Crippen LogP contribution in [0.5, 0.6) is 0 Å². The topological polar surface area (TPSA) is 84.5 Å². The van der Waals surface area contributed by atoms with Gasteiger partial charge in [-0.3, -0.25) is 14.9 Å². The highest BCUT2D eigenvalue weighted by Crippen LogP contribution is 2.25. The van der Waals surface area contributed by atoms with E-state index in [9.17, 15) is 14.4 Å². The first-order chi connectivity index (χ1) is 12.4. The molecule has 1 aliphatic carbocycles. The lowest BCUT2D eigenvalue weighted by molar-refractivity contribution is -0.147. The molecule has 0 aromatic heterocycles. The summed E-state index contributed by atoms with van der Waals surface area (Å²) in [4.78, 5) is 36.4. The number of imide groups is 1. The highest BCUT2D eigenvalue weighted by atomic mass is 35.5. The molecular formula is C18H23ClN2O4S. The van der Waals surface area contributed by atoms with Crippen molar-refractivity contribution in [3.63, 3.8) is 0 Å². The maximum absolute atomic E-state index is 12.0. The molecule has 1 aromatic rings. The second-order valence-electron chi connectivity index (χ2n) is 6.18. The molecule has 0 aliphatic heterocycles. The monoisotopic (exact) mass is 398 g/mol. The zero-order valence-electron chi connectivity index (χ0n) is 14.6. The Hall–Kier alpha value is -1.73. The number of hydrogen-bond donors (Lipinski definition) is 2. The highest BCUT2D eigenvalue weighted by Gasteiger charge is 2.20. The fourth-order valence-corrected chi connectivity index (χ4v) is 3.64. The Balaban J connectivity index is 1.67. The Bertz CT molecular complexity index is 633. The standard InChI is InChI=1S/C18H23ClN2O4S/c1-12(26-15-9-7-13(19)8-10-15)17(23)25-11-16(22)21-18(24)20-14-5-3-2-4-6-14/h7-10,12,14H,2-6,11H2,1H3,(H2,20,21,22,24)/t12-/m0/s1. The lowest BCUT2D eigenvalue weighted by Gasteiger charge is -2.22. The fraction of sp³-hybridized carbons (Fsp3) is 0.500. The second kappa shape index (κ2) is 10.4. The Kier molecular flexibility index (Phi) is 8.25. The van der Waals surface area contributed by atoms with E-state index in [1.807, 2.05) is 0 Å². The van der Waals surface area contributed by atoms with Crippen LogP contribution in [0.15, 0.2) is 29.2 Å². The smallest absolute Gasteiger partial charge is 0.321 e. The number of rotatable bonds is 6. The molecule has 0 radical (unpaired) electrons. The van der Waals surface area contributed by atoms with Crippen molar-refractivity contribution in [2.45, 2.75) is 55.2 Å². The summed E-state index contributed by atoms with van der Waals surface area (Å²) in [5.41, 5.74) is 0. The Morgan fingerprint density at radius 3 is 2.50 bits per heavy atom.